The number of hydrogen-bond donors (Lipinski definition) is 2. The summed E-state index contributed by atoms with van der Waals surface area (Å²) in [6, 6.07) is 5.07. The van der Waals surface area contributed by atoms with Crippen LogP contribution in [0.2, 0.25) is 5.02 Å². The van der Waals surface area contributed by atoms with Gasteiger partial charge in [-0.05, 0) is 29.5 Å². The molecule has 0 fully saturated rings. The molecule has 3 nitrogen and oxygen atoms in total. The number of benzene rings is 1. The highest BCUT2D eigenvalue weighted by Crippen LogP contribution is 2.29. The lowest BCUT2D eigenvalue weighted by Crippen LogP contribution is -2.24. The predicted molar refractivity (Wildman–Crippen MR) is 77.7 cm³/mol. The Labute approximate surface area is 114 Å². The van der Waals surface area contributed by atoms with E-state index in [1.54, 1.807) is 18.2 Å². The molecule has 0 aliphatic carbocycles. The number of anilines is 2. The Morgan fingerprint density at radius 3 is 2.56 bits per heavy atom. The first kappa shape index (κ1) is 14.8. The van der Waals surface area contributed by atoms with Gasteiger partial charge in [-0.1, -0.05) is 39.3 Å². The molecule has 0 bridgehead atoms. The smallest absolute Gasteiger partial charge is 0.224 e. The first-order valence-corrected chi connectivity index (χ1v) is 6.43. The molecule has 4 heteroatoms. The molecule has 1 aromatic rings. The van der Waals surface area contributed by atoms with Crippen LogP contribution in [0, 0.1) is 11.3 Å². The Balaban J connectivity index is 2.65. The van der Waals surface area contributed by atoms with Gasteiger partial charge in [0.2, 0.25) is 5.91 Å². The van der Waals surface area contributed by atoms with Crippen LogP contribution >= 0.6 is 11.6 Å². The second kappa shape index (κ2) is 5.61. The molecule has 1 unspecified atom stereocenters. The van der Waals surface area contributed by atoms with Gasteiger partial charge in [0.15, 0.2) is 0 Å². The van der Waals surface area contributed by atoms with Crippen molar-refractivity contribution >= 4 is 28.9 Å². The normalized spacial score (nSPS) is 13.2. The van der Waals surface area contributed by atoms with Crippen LogP contribution in [-0.4, -0.2) is 5.91 Å². The van der Waals surface area contributed by atoms with E-state index in [2.05, 4.69) is 33.0 Å². The van der Waals surface area contributed by atoms with Crippen LogP contribution in [0.4, 0.5) is 11.4 Å². The molecule has 0 spiro atoms. The molecule has 0 aliphatic rings. The lowest BCUT2D eigenvalue weighted by Gasteiger charge is -2.26. The van der Waals surface area contributed by atoms with Gasteiger partial charge in [0.25, 0.3) is 0 Å². The Morgan fingerprint density at radius 2 is 2.06 bits per heavy atom. The van der Waals surface area contributed by atoms with Gasteiger partial charge in [0.05, 0.1) is 10.7 Å². The van der Waals surface area contributed by atoms with Crippen LogP contribution < -0.4 is 11.1 Å². The van der Waals surface area contributed by atoms with E-state index in [0.29, 0.717) is 28.7 Å². The van der Waals surface area contributed by atoms with Crippen molar-refractivity contribution in [3.8, 4) is 0 Å². The second-order valence-electron chi connectivity index (χ2n) is 5.76. The molecule has 1 aromatic carbocycles. The average molecular weight is 269 g/mol. The maximum absolute atomic E-state index is 11.9. The number of nitrogen functional groups attached to an aromatic ring is 1. The summed E-state index contributed by atoms with van der Waals surface area (Å²) in [4.78, 5) is 11.9. The first-order chi connectivity index (χ1) is 8.20. The van der Waals surface area contributed by atoms with Gasteiger partial charge in [-0.25, -0.2) is 0 Å². The minimum Gasteiger partial charge on any atom is -0.399 e. The van der Waals surface area contributed by atoms with Crippen molar-refractivity contribution < 1.29 is 4.79 Å². The van der Waals surface area contributed by atoms with Gasteiger partial charge in [-0.3, -0.25) is 4.79 Å². The SMILES string of the molecule is CC(CC(=O)Nc1ccc(N)cc1Cl)C(C)(C)C. The largest absolute Gasteiger partial charge is 0.399 e. The van der Waals surface area contributed by atoms with E-state index < -0.39 is 0 Å². The molecular weight excluding hydrogens is 248 g/mol. The number of nitrogens with one attached hydrogen (secondary N) is 1. The molecule has 0 heterocycles. The van der Waals surface area contributed by atoms with Crippen molar-refractivity contribution in [1.82, 2.24) is 0 Å². The zero-order valence-electron chi connectivity index (χ0n) is 11.4. The Morgan fingerprint density at radius 1 is 1.44 bits per heavy atom. The molecule has 0 radical (unpaired) electrons. The van der Waals surface area contributed by atoms with Gasteiger partial charge >= 0.3 is 0 Å². The quantitative estimate of drug-likeness (QED) is 0.816. The van der Waals surface area contributed by atoms with Crippen LogP contribution in [0.25, 0.3) is 0 Å². The molecular formula is C14H21ClN2O. The average Bonchev–Trinajstić information content (AvgIpc) is 2.20. The zero-order chi connectivity index (χ0) is 13.9. The van der Waals surface area contributed by atoms with Crippen LogP contribution in [0.1, 0.15) is 34.1 Å². The molecule has 1 atom stereocenters. The van der Waals surface area contributed by atoms with Gasteiger partial charge < -0.3 is 11.1 Å². The Kier molecular flexibility index (Phi) is 4.63. The molecule has 100 valence electrons. The lowest BCUT2D eigenvalue weighted by molar-refractivity contribution is -0.117. The second-order valence-corrected chi connectivity index (χ2v) is 6.17. The number of rotatable bonds is 3. The van der Waals surface area contributed by atoms with Crippen molar-refractivity contribution in [2.45, 2.75) is 34.1 Å². The van der Waals surface area contributed by atoms with E-state index in [0.717, 1.165) is 0 Å². The van der Waals surface area contributed by atoms with E-state index in [-0.39, 0.29) is 11.3 Å². The van der Waals surface area contributed by atoms with Gasteiger partial charge in [0, 0.05) is 12.1 Å². The van der Waals surface area contributed by atoms with E-state index in [4.69, 9.17) is 17.3 Å². The van der Waals surface area contributed by atoms with Crippen molar-refractivity contribution in [1.29, 1.82) is 0 Å². The summed E-state index contributed by atoms with van der Waals surface area (Å²) >= 11 is 6.01. The van der Waals surface area contributed by atoms with E-state index in [9.17, 15) is 4.79 Å². The van der Waals surface area contributed by atoms with Crippen molar-refractivity contribution in [2.24, 2.45) is 11.3 Å². The summed E-state index contributed by atoms with van der Waals surface area (Å²) < 4.78 is 0. The third-order valence-corrected chi connectivity index (χ3v) is 3.55. The highest BCUT2D eigenvalue weighted by atomic mass is 35.5. The van der Waals surface area contributed by atoms with E-state index in [1.165, 1.54) is 0 Å². The number of hydrogen-bond acceptors (Lipinski definition) is 2. The van der Waals surface area contributed by atoms with Crippen LogP contribution in [-0.2, 0) is 4.79 Å². The standard InChI is InChI=1S/C14H21ClN2O/c1-9(14(2,3)4)7-13(18)17-12-6-5-10(16)8-11(12)15/h5-6,8-9H,7,16H2,1-4H3,(H,17,18). The Hall–Kier alpha value is -1.22. The maximum atomic E-state index is 11.9. The molecule has 0 saturated heterocycles. The van der Waals surface area contributed by atoms with Gasteiger partial charge in [0.1, 0.15) is 0 Å². The fourth-order valence-electron chi connectivity index (χ4n) is 1.42. The summed E-state index contributed by atoms with van der Waals surface area (Å²) in [6.45, 7) is 8.45. The molecule has 0 aromatic heterocycles. The molecule has 3 N–H and O–H groups in total. The van der Waals surface area contributed by atoms with Crippen molar-refractivity contribution in [3.05, 3.63) is 23.2 Å². The van der Waals surface area contributed by atoms with Gasteiger partial charge in [-0.15, -0.1) is 0 Å². The number of carbonyl (C=O) groups is 1. The highest BCUT2D eigenvalue weighted by Gasteiger charge is 2.22. The zero-order valence-corrected chi connectivity index (χ0v) is 12.1. The number of carbonyl (C=O) groups excluding carboxylic acids is 1. The summed E-state index contributed by atoms with van der Waals surface area (Å²) in [5.41, 5.74) is 6.90. The minimum atomic E-state index is -0.0240. The van der Waals surface area contributed by atoms with Crippen molar-refractivity contribution in [2.75, 3.05) is 11.1 Å². The topological polar surface area (TPSA) is 55.1 Å². The Bertz CT molecular complexity index is 438. The van der Waals surface area contributed by atoms with Crippen LogP contribution in [0.5, 0.6) is 0 Å². The first-order valence-electron chi connectivity index (χ1n) is 6.05. The number of halogens is 1. The summed E-state index contributed by atoms with van der Waals surface area (Å²) in [6.07, 6.45) is 0.476. The monoisotopic (exact) mass is 268 g/mol. The molecule has 0 saturated carbocycles. The highest BCUT2D eigenvalue weighted by molar-refractivity contribution is 6.34. The maximum Gasteiger partial charge on any atom is 0.224 e. The minimum absolute atomic E-state index is 0.0240. The third kappa shape index (κ3) is 4.22. The fraction of sp³-hybridized carbons (Fsp3) is 0.500. The van der Waals surface area contributed by atoms with Crippen LogP contribution in [0.15, 0.2) is 18.2 Å². The van der Waals surface area contributed by atoms with E-state index >= 15 is 0 Å². The molecule has 1 rings (SSSR count). The summed E-state index contributed by atoms with van der Waals surface area (Å²) in [7, 11) is 0. The number of nitrogens with two attached hydrogens (primary N) is 1. The lowest BCUT2D eigenvalue weighted by atomic mass is 9.80. The molecule has 0 aliphatic heterocycles. The van der Waals surface area contributed by atoms with Gasteiger partial charge in [-0.2, -0.15) is 0 Å². The van der Waals surface area contributed by atoms with Crippen LogP contribution in [0.3, 0.4) is 0 Å². The fourth-order valence-corrected chi connectivity index (χ4v) is 1.65. The summed E-state index contributed by atoms with van der Waals surface area (Å²) in [5.74, 6) is 0.272. The third-order valence-electron chi connectivity index (χ3n) is 3.24. The predicted octanol–water partition coefficient (Wildman–Crippen LogP) is 3.93. The molecule has 18 heavy (non-hydrogen) atoms. The molecule has 1 amide bonds. The van der Waals surface area contributed by atoms with Crippen molar-refractivity contribution in [3.63, 3.8) is 0 Å². The summed E-state index contributed by atoms with van der Waals surface area (Å²) in [5, 5.41) is 3.28. The van der Waals surface area contributed by atoms with E-state index in [1.807, 2.05) is 0 Å². The number of amides is 1.